The van der Waals surface area contributed by atoms with E-state index in [1.54, 1.807) is 30.3 Å². The molecule has 0 saturated carbocycles. The van der Waals surface area contributed by atoms with Crippen molar-refractivity contribution in [1.29, 1.82) is 0 Å². The Balaban J connectivity index is 2.02. The molecule has 0 amide bonds. The molecule has 0 aliphatic heterocycles. The van der Waals surface area contributed by atoms with Crippen LogP contribution in [0.15, 0.2) is 42.5 Å². The molecule has 0 aliphatic carbocycles. The van der Waals surface area contributed by atoms with Gasteiger partial charge >= 0.3 is 12.4 Å². The number of halogens is 6. The van der Waals surface area contributed by atoms with Gasteiger partial charge in [0.1, 0.15) is 5.69 Å². The topological polar surface area (TPSA) is 48.5 Å². The molecule has 1 aromatic carbocycles. The Morgan fingerprint density at radius 2 is 1.47 bits per heavy atom. The molecule has 3 aromatic heterocycles. The van der Waals surface area contributed by atoms with Gasteiger partial charge in [0, 0.05) is 19.7 Å². The fourth-order valence-electron chi connectivity index (χ4n) is 3.24. The Kier molecular flexibility index (Phi) is 4.37. The van der Waals surface area contributed by atoms with Crippen molar-refractivity contribution >= 4 is 11.0 Å². The van der Waals surface area contributed by atoms with Crippen molar-refractivity contribution in [3.8, 4) is 22.6 Å². The minimum absolute atomic E-state index is 0.0838. The van der Waals surface area contributed by atoms with Crippen LogP contribution in [-0.4, -0.2) is 24.5 Å². The molecular formula is C19H13F6N5. The summed E-state index contributed by atoms with van der Waals surface area (Å²) in [6, 6.07) is 9.68. The summed E-state index contributed by atoms with van der Waals surface area (Å²) in [7, 11) is 2.64. The van der Waals surface area contributed by atoms with Crippen molar-refractivity contribution < 1.29 is 26.3 Å². The van der Waals surface area contributed by atoms with Crippen LogP contribution in [0.4, 0.5) is 26.3 Å². The third-order valence-corrected chi connectivity index (χ3v) is 4.58. The van der Waals surface area contributed by atoms with Gasteiger partial charge in [-0.05, 0) is 12.1 Å². The highest BCUT2D eigenvalue weighted by molar-refractivity contribution is 5.95. The Morgan fingerprint density at radius 1 is 0.800 bits per heavy atom. The maximum absolute atomic E-state index is 13.9. The number of alkyl halides is 6. The minimum Gasteiger partial charge on any atom is -0.266 e. The van der Waals surface area contributed by atoms with E-state index in [1.807, 2.05) is 0 Å². The molecule has 11 heteroatoms. The number of rotatable bonds is 2. The van der Waals surface area contributed by atoms with Crippen LogP contribution < -0.4 is 0 Å². The predicted molar refractivity (Wildman–Crippen MR) is 96.2 cm³/mol. The lowest BCUT2D eigenvalue weighted by atomic mass is 10.0. The number of nitrogens with zero attached hydrogens (tertiary/aromatic N) is 5. The Hall–Kier alpha value is -3.37. The van der Waals surface area contributed by atoms with E-state index in [-0.39, 0.29) is 28.1 Å². The van der Waals surface area contributed by atoms with Crippen LogP contribution in [0.2, 0.25) is 0 Å². The van der Waals surface area contributed by atoms with Crippen LogP contribution in [0.25, 0.3) is 33.7 Å². The van der Waals surface area contributed by atoms with E-state index in [4.69, 9.17) is 0 Å². The second-order valence-electron chi connectivity index (χ2n) is 6.63. The highest BCUT2D eigenvalue weighted by atomic mass is 19.4. The largest absolute Gasteiger partial charge is 0.435 e. The average Bonchev–Trinajstić information content (AvgIpc) is 3.21. The van der Waals surface area contributed by atoms with Gasteiger partial charge in [-0.15, -0.1) is 0 Å². The van der Waals surface area contributed by atoms with Crippen LogP contribution in [0, 0.1) is 0 Å². The van der Waals surface area contributed by atoms with Crippen molar-refractivity contribution in [1.82, 2.24) is 24.5 Å². The first-order valence-corrected chi connectivity index (χ1v) is 8.59. The van der Waals surface area contributed by atoms with Crippen molar-refractivity contribution in [2.75, 3.05) is 0 Å². The second-order valence-corrected chi connectivity index (χ2v) is 6.63. The Labute approximate surface area is 165 Å². The molecule has 0 spiro atoms. The van der Waals surface area contributed by atoms with E-state index < -0.39 is 23.6 Å². The van der Waals surface area contributed by atoms with Crippen LogP contribution >= 0.6 is 0 Å². The summed E-state index contributed by atoms with van der Waals surface area (Å²) >= 11 is 0. The number of benzene rings is 1. The molecule has 5 nitrogen and oxygen atoms in total. The molecule has 30 heavy (non-hydrogen) atoms. The molecule has 0 fully saturated rings. The summed E-state index contributed by atoms with van der Waals surface area (Å²) in [5.74, 6) is 0. The fourth-order valence-corrected chi connectivity index (χ4v) is 3.24. The SMILES string of the molecule is Cn1nc(C(F)(F)F)cc1-c1cc(C(F)(F)F)c2c(-c3ccccc3)nn(C)c2n1. The van der Waals surface area contributed by atoms with Gasteiger partial charge in [0.2, 0.25) is 0 Å². The molecule has 0 radical (unpaired) electrons. The lowest BCUT2D eigenvalue weighted by Crippen LogP contribution is -2.08. The first-order valence-electron chi connectivity index (χ1n) is 8.59. The van der Waals surface area contributed by atoms with Gasteiger partial charge in [-0.25, -0.2) is 9.67 Å². The molecule has 0 atom stereocenters. The number of fused-ring (bicyclic) bond motifs is 1. The van der Waals surface area contributed by atoms with Crippen molar-refractivity contribution in [3.63, 3.8) is 0 Å². The molecule has 0 aliphatic rings. The maximum Gasteiger partial charge on any atom is 0.435 e. The molecule has 0 unspecified atom stereocenters. The lowest BCUT2D eigenvalue weighted by Gasteiger charge is -2.11. The molecular weight excluding hydrogens is 412 g/mol. The summed E-state index contributed by atoms with van der Waals surface area (Å²) in [6.07, 6.45) is -9.52. The van der Waals surface area contributed by atoms with E-state index in [1.165, 1.54) is 18.8 Å². The lowest BCUT2D eigenvalue weighted by molar-refractivity contribution is -0.141. The summed E-state index contributed by atoms with van der Waals surface area (Å²) in [6.45, 7) is 0. The van der Waals surface area contributed by atoms with E-state index in [0.29, 0.717) is 11.6 Å². The molecule has 3 heterocycles. The number of aromatic nitrogens is 5. The monoisotopic (exact) mass is 425 g/mol. The second kappa shape index (κ2) is 6.57. The van der Waals surface area contributed by atoms with Gasteiger partial charge in [0.25, 0.3) is 0 Å². The van der Waals surface area contributed by atoms with Crippen molar-refractivity contribution in [2.45, 2.75) is 12.4 Å². The highest BCUT2D eigenvalue weighted by Gasteiger charge is 2.38. The fraction of sp³-hybridized carbons (Fsp3) is 0.211. The highest BCUT2D eigenvalue weighted by Crippen LogP contribution is 2.41. The van der Waals surface area contributed by atoms with E-state index in [2.05, 4.69) is 15.2 Å². The predicted octanol–water partition coefficient (Wildman–Crippen LogP) is 5.07. The van der Waals surface area contributed by atoms with Gasteiger partial charge in [-0.2, -0.15) is 36.5 Å². The van der Waals surface area contributed by atoms with Gasteiger partial charge in [0.05, 0.1) is 22.3 Å². The number of pyridine rings is 1. The number of hydrogen-bond donors (Lipinski definition) is 0. The van der Waals surface area contributed by atoms with E-state index in [0.717, 1.165) is 10.7 Å². The molecule has 0 saturated heterocycles. The van der Waals surface area contributed by atoms with Gasteiger partial charge in [-0.1, -0.05) is 30.3 Å². The minimum atomic E-state index is -4.78. The van der Waals surface area contributed by atoms with Gasteiger partial charge in [-0.3, -0.25) is 4.68 Å². The van der Waals surface area contributed by atoms with E-state index in [9.17, 15) is 26.3 Å². The zero-order valence-corrected chi connectivity index (χ0v) is 15.5. The third-order valence-electron chi connectivity index (χ3n) is 4.58. The number of aryl methyl sites for hydroxylation is 2. The zero-order chi connectivity index (χ0) is 21.8. The summed E-state index contributed by atoms with van der Waals surface area (Å²) < 4.78 is 82.8. The van der Waals surface area contributed by atoms with Crippen LogP contribution in [0.3, 0.4) is 0 Å². The van der Waals surface area contributed by atoms with Crippen molar-refractivity contribution in [2.24, 2.45) is 14.1 Å². The molecule has 4 rings (SSSR count). The third kappa shape index (κ3) is 3.29. The summed E-state index contributed by atoms with van der Waals surface area (Å²) in [4.78, 5) is 4.19. The first-order chi connectivity index (χ1) is 14.0. The van der Waals surface area contributed by atoms with Gasteiger partial charge < -0.3 is 0 Å². The van der Waals surface area contributed by atoms with Gasteiger partial charge in [0.15, 0.2) is 11.3 Å². The van der Waals surface area contributed by atoms with Crippen LogP contribution in [0.1, 0.15) is 11.3 Å². The average molecular weight is 425 g/mol. The first kappa shape index (κ1) is 19.9. The standard InChI is InChI=1S/C19H13F6N5/c1-29-13(9-14(27-29)19(23,24)25)12-8-11(18(20,21)22)15-16(10-6-4-3-5-7-10)28-30(2)17(15)26-12/h3-9H,1-2H3. The van der Waals surface area contributed by atoms with Crippen LogP contribution in [0.5, 0.6) is 0 Å². The Morgan fingerprint density at radius 3 is 2.03 bits per heavy atom. The quantitative estimate of drug-likeness (QED) is 0.421. The van der Waals surface area contributed by atoms with Crippen LogP contribution in [-0.2, 0) is 26.4 Å². The normalized spacial score (nSPS) is 12.7. The van der Waals surface area contributed by atoms with Crippen molar-refractivity contribution in [3.05, 3.63) is 53.7 Å². The molecule has 0 bridgehead atoms. The summed E-state index contributed by atoms with van der Waals surface area (Å²) in [5.41, 5.74) is -2.30. The molecule has 0 N–H and O–H groups in total. The Bertz CT molecular complexity index is 1230. The summed E-state index contributed by atoms with van der Waals surface area (Å²) in [5, 5.41) is 7.32. The zero-order valence-electron chi connectivity index (χ0n) is 15.5. The number of hydrogen-bond acceptors (Lipinski definition) is 3. The molecule has 156 valence electrons. The van der Waals surface area contributed by atoms with E-state index >= 15 is 0 Å². The smallest absolute Gasteiger partial charge is 0.266 e. The molecule has 4 aromatic rings. The maximum atomic E-state index is 13.9.